The van der Waals surface area contributed by atoms with Gasteiger partial charge in [-0.1, -0.05) is 35.9 Å². The molecule has 5 nitrogen and oxygen atoms in total. The van der Waals surface area contributed by atoms with Crippen LogP contribution in [0.3, 0.4) is 0 Å². The zero-order valence-electron chi connectivity index (χ0n) is 16.0. The van der Waals surface area contributed by atoms with Crippen LogP contribution in [0.1, 0.15) is 11.1 Å². The fraction of sp³-hybridized carbons (Fsp3) is 0.381. The number of rotatable bonds is 6. The van der Waals surface area contributed by atoms with E-state index in [0.717, 1.165) is 61.3 Å². The summed E-state index contributed by atoms with van der Waals surface area (Å²) in [5.74, 6) is 1.83. The molecule has 148 valence electrons. The lowest BCUT2D eigenvalue weighted by Gasteiger charge is -2.36. The van der Waals surface area contributed by atoms with Crippen molar-refractivity contribution in [2.24, 2.45) is 4.99 Å². The van der Waals surface area contributed by atoms with Crippen molar-refractivity contribution in [2.45, 2.75) is 11.9 Å². The molecule has 28 heavy (non-hydrogen) atoms. The van der Waals surface area contributed by atoms with Crippen molar-refractivity contribution in [2.75, 3.05) is 39.8 Å². The lowest BCUT2D eigenvalue weighted by molar-refractivity contribution is 0.127. The van der Waals surface area contributed by atoms with Crippen LogP contribution in [0.15, 0.2) is 53.5 Å². The number of nitrogens with one attached hydrogen (secondary N) is 1. The summed E-state index contributed by atoms with van der Waals surface area (Å²) in [6.45, 7) is 5.32. The van der Waals surface area contributed by atoms with E-state index >= 15 is 0 Å². The summed E-state index contributed by atoms with van der Waals surface area (Å²) in [7, 11) is 1.70. The molecule has 1 saturated heterocycles. The molecule has 2 aliphatic rings. The Kier molecular flexibility index (Phi) is 6.42. The van der Waals surface area contributed by atoms with Crippen molar-refractivity contribution in [3.8, 4) is 5.75 Å². The second kappa shape index (κ2) is 9.18. The summed E-state index contributed by atoms with van der Waals surface area (Å²) in [5, 5.41) is 0.737. The average Bonchev–Trinajstić information content (AvgIpc) is 3.23. The number of aliphatic imine (C=N–C) groups is 1. The molecule has 7 heteroatoms. The van der Waals surface area contributed by atoms with Gasteiger partial charge < -0.3 is 14.4 Å². The van der Waals surface area contributed by atoms with Gasteiger partial charge in [-0.05, 0) is 48.2 Å². The van der Waals surface area contributed by atoms with Crippen molar-refractivity contribution >= 4 is 29.4 Å². The Hall–Kier alpha value is -1.73. The summed E-state index contributed by atoms with van der Waals surface area (Å²) >= 11 is 7.77. The van der Waals surface area contributed by atoms with Crippen LogP contribution in [0, 0.1) is 0 Å². The first-order valence-electron chi connectivity index (χ1n) is 9.56. The first-order chi connectivity index (χ1) is 13.7. The highest BCUT2D eigenvalue weighted by Gasteiger charge is 2.28. The number of amidine groups is 1. The molecule has 1 unspecified atom stereocenters. The van der Waals surface area contributed by atoms with Gasteiger partial charge in [0.05, 0.1) is 7.11 Å². The standard InChI is InChI=1S/C21H25ClN4OS/c1-27-19-7-5-16(6-8-19)9-10-25-11-13-26(14-12-25)21-23-20(24-28-21)17-3-2-4-18(22)15-17/h2-8,15,21H,9-14H2,1H3,(H,23,24). The van der Waals surface area contributed by atoms with Crippen molar-refractivity contribution in [3.63, 3.8) is 0 Å². The maximum atomic E-state index is 6.10. The fourth-order valence-electron chi connectivity index (χ4n) is 3.48. The van der Waals surface area contributed by atoms with Gasteiger partial charge in [0.2, 0.25) is 0 Å². The van der Waals surface area contributed by atoms with E-state index in [1.54, 1.807) is 19.1 Å². The third-order valence-electron chi connectivity index (χ3n) is 5.19. The van der Waals surface area contributed by atoms with Gasteiger partial charge in [0.1, 0.15) is 11.6 Å². The molecule has 0 spiro atoms. The Bertz CT molecular complexity index is 821. The maximum absolute atomic E-state index is 6.10. The summed E-state index contributed by atoms with van der Waals surface area (Å²) < 4.78 is 8.58. The molecular formula is C21H25ClN4OS. The molecule has 4 rings (SSSR count). The van der Waals surface area contributed by atoms with Gasteiger partial charge in [-0.15, -0.1) is 0 Å². The summed E-state index contributed by atoms with van der Waals surface area (Å²) in [5.41, 5.74) is 2.54. The summed E-state index contributed by atoms with van der Waals surface area (Å²) in [6.07, 6.45) is 1.07. The Labute approximate surface area is 175 Å². The third-order valence-corrected chi connectivity index (χ3v) is 6.35. The summed E-state index contributed by atoms with van der Waals surface area (Å²) in [4.78, 5) is 9.84. The number of ether oxygens (including phenoxy) is 1. The van der Waals surface area contributed by atoms with Crippen molar-refractivity contribution in [1.82, 2.24) is 14.5 Å². The predicted molar refractivity (Wildman–Crippen MR) is 117 cm³/mol. The zero-order chi connectivity index (χ0) is 19.3. The van der Waals surface area contributed by atoms with E-state index in [0.29, 0.717) is 0 Å². The molecule has 2 aliphatic heterocycles. The molecule has 2 aromatic carbocycles. The minimum Gasteiger partial charge on any atom is -0.497 e. The molecule has 1 atom stereocenters. The number of nitrogens with zero attached hydrogens (tertiary/aromatic N) is 3. The monoisotopic (exact) mass is 416 g/mol. The predicted octanol–water partition coefficient (Wildman–Crippen LogP) is 3.49. The van der Waals surface area contributed by atoms with E-state index in [9.17, 15) is 0 Å². The molecule has 0 bridgehead atoms. The van der Waals surface area contributed by atoms with Gasteiger partial charge in [0, 0.05) is 43.3 Å². The van der Waals surface area contributed by atoms with Gasteiger partial charge in [-0.2, -0.15) is 0 Å². The second-order valence-corrected chi connectivity index (χ2v) is 8.31. The van der Waals surface area contributed by atoms with Gasteiger partial charge >= 0.3 is 0 Å². The fourth-order valence-corrected chi connectivity index (χ4v) is 4.58. The number of benzene rings is 2. The molecule has 1 N–H and O–H groups in total. The Morgan fingerprint density at radius 3 is 2.64 bits per heavy atom. The van der Waals surface area contributed by atoms with E-state index in [1.165, 1.54) is 5.56 Å². The van der Waals surface area contributed by atoms with Crippen LogP contribution in [0.5, 0.6) is 5.75 Å². The smallest absolute Gasteiger partial charge is 0.170 e. The van der Waals surface area contributed by atoms with Crippen LogP contribution in [0.2, 0.25) is 5.02 Å². The molecule has 2 heterocycles. The first kappa shape index (κ1) is 19.6. The highest BCUT2D eigenvalue weighted by molar-refractivity contribution is 7.98. The number of methoxy groups -OCH3 is 1. The van der Waals surface area contributed by atoms with Crippen LogP contribution < -0.4 is 9.46 Å². The van der Waals surface area contributed by atoms with Crippen molar-refractivity contribution in [1.29, 1.82) is 0 Å². The lowest BCUT2D eigenvalue weighted by Crippen LogP contribution is -2.49. The van der Waals surface area contributed by atoms with Gasteiger partial charge in [-0.25, -0.2) is 4.99 Å². The van der Waals surface area contributed by atoms with Crippen LogP contribution in [-0.2, 0) is 6.42 Å². The number of piperazine rings is 1. The van der Waals surface area contributed by atoms with E-state index in [2.05, 4.69) is 26.7 Å². The molecule has 2 aromatic rings. The molecular weight excluding hydrogens is 392 g/mol. The molecule has 0 aromatic heterocycles. The average molecular weight is 417 g/mol. The van der Waals surface area contributed by atoms with Gasteiger partial charge in [0.25, 0.3) is 0 Å². The maximum Gasteiger partial charge on any atom is 0.170 e. The molecule has 0 radical (unpaired) electrons. The lowest BCUT2D eigenvalue weighted by atomic mass is 10.1. The van der Waals surface area contributed by atoms with Crippen molar-refractivity contribution in [3.05, 3.63) is 64.7 Å². The van der Waals surface area contributed by atoms with Crippen LogP contribution in [-0.4, -0.2) is 61.0 Å². The molecule has 0 amide bonds. The Morgan fingerprint density at radius 1 is 1.14 bits per heavy atom. The highest BCUT2D eigenvalue weighted by atomic mass is 35.5. The largest absolute Gasteiger partial charge is 0.497 e. The van der Waals surface area contributed by atoms with E-state index in [4.69, 9.17) is 21.3 Å². The van der Waals surface area contributed by atoms with Gasteiger partial charge in [0.15, 0.2) is 5.50 Å². The van der Waals surface area contributed by atoms with Crippen LogP contribution in [0.25, 0.3) is 0 Å². The van der Waals surface area contributed by atoms with E-state index in [1.807, 2.05) is 36.4 Å². The zero-order valence-corrected chi connectivity index (χ0v) is 17.5. The quantitative estimate of drug-likeness (QED) is 0.730. The number of halogens is 1. The van der Waals surface area contributed by atoms with Crippen LogP contribution in [0.4, 0.5) is 0 Å². The second-order valence-electron chi connectivity index (χ2n) is 7.01. The van der Waals surface area contributed by atoms with Crippen LogP contribution >= 0.6 is 23.5 Å². The summed E-state index contributed by atoms with van der Waals surface area (Å²) in [6, 6.07) is 16.2. The molecule has 1 fully saturated rings. The normalized spacial score (nSPS) is 20.6. The Morgan fingerprint density at radius 2 is 1.93 bits per heavy atom. The van der Waals surface area contributed by atoms with Gasteiger partial charge in [-0.3, -0.25) is 4.90 Å². The minimum atomic E-state index is 0.137. The minimum absolute atomic E-state index is 0.137. The first-order valence-corrected chi connectivity index (χ1v) is 10.8. The number of hydrogen-bond acceptors (Lipinski definition) is 6. The molecule has 0 saturated carbocycles. The number of hydrogen-bond donors (Lipinski definition) is 1. The Balaban J connectivity index is 1.26. The van der Waals surface area contributed by atoms with Crippen molar-refractivity contribution < 1.29 is 4.74 Å². The molecule has 0 aliphatic carbocycles. The van der Waals surface area contributed by atoms with E-state index in [-0.39, 0.29) is 5.50 Å². The topological polar surface area (TPSA) is 40.1 Å². The SMILES string of the molecule is COc1ccc(CCN2CCN(C3N=C(c4cccc(Cl)c4)NS3)CC2)cc1. The highest BCUT2D eigenvalue weighted by Crippen LogP contribution is 2.24. The van der Waals surface area contributed by atoms with E-state index < -0.39 is 0 Å². The third kappa shape index (κ3) is 4.81.